The Kier molecular flexibility index (Phi) is 4.91. The average Bonchev–Trinajstić information content (AvgIpc) is 2.31. The van der Waals surface area contributed by atoms with Gasteiger partial charge in [-0.25, -0.2) is 0 Å². The third kappa shape index (κ3) is 3.10. The van der Waals surface area contributed by atoms with Gasteiger partial charge in [-0.05, 0) is 36.6 Å². The van der Waals surface area contributed by atoms with Crippen LogP contribution in [-0.2, 0) is 4.79 Å². The van der Waals surface area contributed by atoms with E-state index in [0.29, 0.717) is 5.92 Å². The molecule has 0 saturated heterocycles. The molecule has 0 aliphatic carbocycles. The van der Waals surface area contributed by atoms with Gasteiger partial charge >= 0.3 is 5.97 Å². The third-order valence-electron chi connectivity index (χ3n) is 3.51. The largest absolute Gasteiger partial charge is 0.481 e. The Morgan fingerprint density at radius 2 is 1.89 bits per heavy atom. The number of hydrogen-bond acceptors (Lipinski definition) is 2. The van der Waals surface area contributed by atoms with Crippen LogP contribution < -0.4 is 5.32 Å². The van der Waals surface area contributed by atoms with Gasteiger partial charge in [0.15, 0.2) is 0 Å². The molecule has 1 rings (SSSR count). The number of rotatable bonds is 5. The lowest BCUT2D eigenvalue weighted by atomic mass is 9.88. The predicted molar refractivity (Wildman–Crippen MR) is 73.9 cm³/mol. The number of aliphatic carboxylic acids is 1. The van der Waals surface area contributed by atoms with E-state index < -0.39 is 11.9 Å². The van der Waals surface area contributed by atoms with Gasteiger partial charge in [-0.3, -0.25) is 4.79 Å². The summed E-state index contributed by atoms with van der Waals surface area (Å²) < 4.78 is 0. The number of carboxylic acids is 1. The highest BCUT2D eigenvalue weighted by molar-refractivity contribution is 5.71. The van der Waals surface area contributed by atoms with Crippen molar-refractivity contribution >= 4 is 5.97 Å². The summed E-state index contributed by atoms with van der Waals surface area (Å²) in [6, 6.07) is 6.16. The predicted octanol–water partition coefficient (Wildman–Crippen LogP) is 3.10. The van der Waals surface area contributed by atoms with E-state index in [0.717, 1.165) is 11.1 Å². The van der Waals surface area contributed by atoms with Crippen LogP contribution in [0.2, 0.25) is 0 Å². The number of carbonyl (C=O) groups is 1. The van der Waals surface area contributed by atoms with Gasteiger partial charge < -0.3 is 10.4 Å². The average molecular weight is 249 g/mol. The van der Waals surface area contributed by atoms with Crippen molar-refractivity contribution in [1.82, 2.24) is 5.32 Å². The van der Waals surface area contributed by atoms with E-state index in [9.17, 15) is 9.90 Å². The smallest absolute Gasteiger partial charge is 0.308 e. The molecule has 2 N–H and O–H groups in total. The summed E-state index contributed by atoms with van der Waals surface area (Å²) in [6.45, 7) is 8.05. The Hall–Kier alpha value is -1.35. The Morgan fingerprint density at radius 3 is 2.33 bits per heavy atom. The van der Waals surface area contributed by atoms with Gasteiger partial charge in [-0.1, -0.05) is 39.0 Å². The fraction of sp³-hybridized carbons (Fsp3) is 0.533. The molecule has 0 radical (unpaired) electrons. The SMILES string of the molecule is CNC(c1cc(C(C)C)ccc1C)C(C)C(=O)O. The van der Waals surface area contributed by atoms with Crippen molar-refractivity contribution in [1.29, 1.82) is 0 Å². The van der Waals surface area contributed by atoms with E-state index >= 15 is 0 Å². The lowest BCUT2D eigenvalue weighted by Crippen LogP contribution is -2.29. The number of nitrogens with one attached hydrogen (secondary N) is 1. The van der Waals surface area contributed by atoms with E-state index in [1.165, 1.54) is 5.56 Å². The summed E-state index contributed by atoms with van der Waals surface area (Å²) in [5.74, 6) is -0.776. The molecule has 3 heteroatoms. The first-order valence-corrected chi connectivity index (χ1v) is 6.39. The molecule has 1 aromatic rings. The maximum atomic E-state index is 11.2. The van der Waals surface area contributed by atoms with Crippen LogP contribution >= 0.6 is 0 Å². The van der Waals surface area contributed by atoms with Crippen molar-refractivity contribution in [2.75, 3.05) is 7.05 Å². The van der Waals surface area contributed by atoms with Gasteiger partial charge in [0.05, 0.1) is 5.92 Å². The molecule has 1 aromatic carbocycles. The summed E-state index contributed by atoms with van der Waals surface area (Å²) in [6.07, 6.45) is 0. The molecule has 2 atom stereocenters. The first-order chi connectivity index (χ1) is 8.38. The molecule has 0 fully saturated rings. The lowest BCUT2D eigenvalue weighted by molar-refractivity contribution is -0.142. The lowest BCUT2D eigenvalue weighted by Gasteiger charge is -2.24. The fourth-order valence-electron chi connectivity index (χ4n) is 2.17. The summed E-state index contributed by atoms with van der Waals surface area (Å²) >= 11 is 0. The Balaban J connectivity index is 3.19. The highest BCUT2D eigenvalue weighted by Crippen LogP contribution is 2.28. The van der Waals surface area contributed by atoms with E-state index in [1.54, 1.807) is 6.92 Å². The molecule has 0 aliphatic heterocycles. The zero-order valence-corrected chi connectivity index (χ0v) is 11.8. The minimum absolute atomic E-state index is 0.152. The van der Waals surface area contributed by atoms with Crippen LogP contribution in [0.3, 0.4) is 0 Å². The normalized spacial score (nSPS) is 14.6. The summed E-state index contributed by atoms with van der Waals surface area (Å²) in [5, 5.41) is 12.3. The Bertz CT molecular complexity index is 427. The topological polar surface area (TPSA) is 49.3 Å². The quantitative estimate of drug-likeness (QED) is 0.843. The zero-order chi connectivity index (χ0) is 13.9. The number of carboxylic acid groups (broad SMARTS) is 1. The van der Waals surface area contributed by atoms with Crippen LogP contribution in [0.15, 0.2) is 18.2 Å². The standard InChI is InChI=1S/C15H23NO2/c1-9(2)12-7-6-10(3)13(8-12)14(16-5)11(4)15(17)18/h6-9,11,14,16H,1-5H3,(H,17,18). The highest BCUT2D eigenvalue weighted by atomic mass is 16.4. The monoisotopic (exact) mass is 249 g/mol. The van der Waals surface area contributed by atoms with E-state index in [2.05, 4.69) is 37.4 Å². The van der Waals surface area contributed by atoms with Crippen LogP contribution in [0.1, 0.15) is 49.4 Å². The zero-order valence-electron chi connectivity index (χ0n) is 11.8. The number of hydrogen-bond donors (Lipinski definition) is 2. The maximum absolute atomic E-state index is 11.2. The number of benzene rings is 1. The van der Waals surface area contributed by atoms with Gasteiger partial charge in [0.25, 0.3) is 0 Å². The van der Waals surface area contributed by atoms with Crippen molar-refractivity contribution in [3.63, 3.8) is 0 Å². The molecule has 18 heavy (non-hydrogen) atoms. The van der Waals surface area contributed by atoms with Gasteiger partial charge in [-0.15, -0.1) is 0 Å². The van der Waals surface area contributed by atoms with Crippen LogP contribution in [0.4, 0.5) is 0 Å². The fourth-order valence-corrected chi connectivity index (χ4v) is 2.17. The van der Waals surface area contributed by atoms with E-state index in [4.69, 9.17) is 0 Å². The molecule has 100 valence electrons. The molecule has 2 unspecified atom stereocenters. The Morgan fingerprint density at radius 1 is 1.28 bits per heavy atom. The van der Waals surface area contributed by atoms with Crippen molar-refractivity contribution in [3.8, 4) is 0 Å². The summed E-state index contributed by atoms with van der Waals surface area (Å²) in [5.41, 5.74) is 3.46. The molecule has 0 heterocycles. The molecular weight excluding hydrogens is 226 g/mol. The molecule has 0 aliphatic rings. The van der Waals surface area contributed by atoms with Crippen molar-refractivity contribution < 1.29 is 9.90 Å². The van der Waals surface area contributed by atoms with Crippen LogP contribution in [0, 0.1) is 12.8 Å². The van der Waals surface area contributed by atoms with Gasteiger partial charge in [0.1, 0.15) is 0 Å². The molecule has 0 amide bonds. The van der Waals surface area contributed by atoms with E-state index in [-0.39, 0.29) is 6.04 Å². The Labute approximate surface area is 109 Å². The number of aryl methyl sites for hydroxylation is 1. The van der Waals surface area contributed by atoms with Crippen LogP contribution in [0.5, 0.6) is 0 Å². The second-order valence-electron chi connectivity index (χ2n) is 5.16. The molecule has 0 spiro atoms. The first-order valence-electron chi connectivity index (χ1n) is 6.39. The minimum atomic E-state index is -0.774. The first kappa shape index (κ1) is 14.7. The molecule has 3 nitrogen and oxygen atoms in total. The third-order valence-corrected chi connectivity index (χ3v) is 3.51. The van der Waals surface area contributed by atoms with Crippen molar-refractivity contribution in [3.05, 3.63) is 34.9 Å². The van der Waals surface area contributed by atoms with Crippen molar-refractivity contribution in [2.45, 2.75) is 39.7 Å². The highest BCUT2D eigenvalue weighted by Gasteiger charge is 2.25. The van der Waals surface area contributed by atoms with Gasteiger partial charge in [0, 0.05) is 6.04 Å². The molecule has 0 saturated carbocycles. The van der Waals surface area contributed by atoms with Crippen LogP contribution in [-0.4, -0.2) is 18.1 Å². The minimum Gasteiger partial charge on any atom is -0.481 e. The van der Waals surface area contributed by atoms with Gasteiger partial charge in [0.2, 0.25) is 0 Å². The summed E-state index contributed by atoms with van der Waals surface area (Å²) in [4.78, 5) is 11.2. The van der Waals surface area contributed by atoms with Gasteiger partial charge in [-0.2, -0.15) is 0 Å². The maximum Gasteiger partial charge on any atom is 0.308 e. The van der Waals surface area contributed by atoms with Crippen molar-refractivity contribution in [2.24, 2.45) is 5.92 Å². The molecule has 0 bridgehead atoms. The molecular formula is C15H23NO2. The second kappa shape index (κ2) is 6.01. The van der Waals surface area contributed by atoms with Crippen LogP contribution in [0.25, 0.3) is 0 Å². The summed E-state index contributed by atoms with van der Waals surface area (Å²) in [7, 11) is 1.81. The van der Waals surface area contributed by atoms with E-state index in [1.807, 2.05) is 14.0 Å². The molecule has 0 aromatic heterocycles. The second-order valence-corrected chi connectivity index (χ2v) is 5.16.